The lowest BCUT2D eigenvalue weighted by Gasteiger charge is -2.41. The zero-order valence-corrected chi connectivity index (χ0v) is 15.1. The molecule has 2 aromatic rings. The highest BCUT2D eigenvalue weighted by Crippen LogP contribution is 2.54. The predicted octanol–water partition coefficient (Wildman–Crippen LogP) is 3.21. The third-order valence-electron chi connectivity index (χ3n) is 5.70. The fourth-order valence-electron chi connectivity index (χ4n) is 4.46. The van der Waals surface area contributed by atoms with Gasteiger partial charge in [0.05, 0.1) is 12.8 Å². The summed E-state index contributed by atoms with van der Waals surface area (Å²) in [5.41, 5.74) is 7.11. The van der Waals surface area contributed by atoms with Crippen molar-refractivity contribution in [1.29, 1.82) is 0 Å². The molecule has 2 aromatic carbocycles. The number of phenolic OH excluding ortho intramolecular Hbond substituents is 2. The van der Waals surface area contributed by atoms with Crippen LogP contribution in [0.2, 0.25) is 0 Å². The number of hydrogen-bond donors (Lipinski definition) is 3. The number of nitrogens with one attached hydrogen (secondary N) is 1. The summed E-state index contributed by atoms with van der Waals surface area (Å²) in [6.45, 7) is 2.85. The molecule has 0 saturated carbocycles. The van der Waals surface area contributed by atoms with Crippen LogP contribution in [-0.2, 0) is 12.8 Å². The second-order valence-electron chi connectivity index (χ2n) is 7.02. The van der Waals surface area contributed by atoms with E-state index in [1.165, 1.54) is 11.1 Å². The maximum Gasteiger partial charge on any atom is 0.168 e. The second-order valence-corrected chi connectivity index (χ2v) is 7.02. The fraction of sp³-hybridized carbons (Fsp3) is 0.400. The van der Waals surface area contributed by atoms with Crippen LogP contribution in [0, 0.1) is 6.92 Å². The topological polar surface area (TPSA) is 65.0 Å². The molecule has 0 amide bonds. The summed E-state index contributed by atoms with van der Waals surface area (Å²) in [5.74, 6) is 0.999. The highest BCUT2D eigenvalue weighted by Gasteiger charge is 2.37. The molecule has 1 aliphatic heterocycles. The molecule has 0 fully saturated rings. The minimum absolute atomic E-state index is 0.184. The molecule has 132 valence electrons. The van der Waals surface area contributed by atoms with Crippen molar-refractivity contribution >= 4 is 5.69 Å². The van der Waals surface area contributed by atoms with Gasteiger partial charge in [-0.1, -0.05) is 0 Å². The molecule has 0 aromatic heterocycles. The van der Waals surface area contributed by atoms with E-state index in [0.29, 0.717) is 11.5 Å². The van der Waals surface area contributed by atoms with Gasteiger partial charge in [0.25, 0.3) is 0 Å². The molecule has 1 aliphatic carbocycles. The standard InChI is InChI=1S/C20H24N2O3/c1-10-7-12-13(18(21-2)19(10)24)9-14-16-11(5-6-22(14)3)8-15(23)20(25-4)17(12)16/h7-8,14,21,23-24H,5-6,9H2,1-4H3. The molecule has 0 spiro atoms. The van der Waals surface area contributed by atoms with Gasteiger partial charge in [-0.3, -0.25) is 4.90 Å². The largest absolute Gasteiger partial charge is 0.505 e. The summed E-state index contributed by atoms with van der Waals surface area (Å²) in [6, 6.07) is 4.08. The molecule has 3 N–H and O–H groups in total. The van der Waals surface area contributed by atoms with Gasteiger partial charge in [0.15, 0.2) is 11.5 Å². The lowest BCUT2D eigenvalue weighted by Crippen LogP contribution is -2.36. The van der Waals surface area contributed by atoms with Crippen LogP contribution >= 0.6 is 0 Å². The summed E-state index contributed by atoms with van der Waals surface area (Å²) in [5, 5.41) is 24.2. The first-order valence-corrected chi connectivity index (χ1v) is 8.64. The first-order valence-electron chi connectivity index (χ1n) is 8.64. The van der Waals surface area contributed by atoms with Gasteiger partial charge in [0, 0.05) is 25.2 Å². The number of phenols is 2. The Morgan fingerprint density at radius 3 is 2.72 bits per heavy atom. The lowest BCUT2D eigenvalue weighted by atomic mass is 9.75. The number of anilines is 1. The number of ether oxygens (including phenoxy) is 1. The van der Waals surface area contributed by atoms with Crippen molar-refractivity contribution in [2.45, 2.75) is 25.8 Å². The monoisotopic (exact) mass is 340 g/mol. The summed E-state index contributed by atoms with van der Waals surface area (Å²) < 4.78 is 5.60. The molecule has 0 saturated heterocycles. The Morgan fingerprint density at radius 2 is 2.04 bits per heavy atom. The van der Waals surface area contributed by atoms with E-state index in [2.05, 4.69) is 17.3 Å². The Hall–Kier alpha value is -2.40. The molecular formula is C20H24N2O3. The van der Waals surface area contributed by atoms with E-state index < -0.39 is 0 Å². The summed E-state index contributed by atoms with van der Waals surface area (Å²) in [6.07, 6.45) is 1.74. The van der Waals surface area contributed by atoms with E-state index >= 15 is 0 Å². The molecule has 4 rings (SSSR count). The van der Waals surface area contributed by atoms with E-state index in [9.17, 15) is 10.2 Å². The summed E-state index contributed by atoms with van der Waals surface area (Å²) >= 11 is 0. The Balaban J connectivity index is 2.13. The number of nitrogens with zero attached hydrogens (tertiary/aromatic N) is 1. The summed E-state index contributed by atoms with van der Waals surface area (Å²) in [4.78, 5) is 2.35. The van der Waals surface area contributed by atoms with Crippen LogP contribution < -0.4 is 10.1 Å². The molecule has 0 radical (unpaired) electrons. The van der Waals surface area contributed by atoms with Gasteiger partial charge in [-0.2, -0.15) is 0 Å². The van der Waals surface area contributed by atoms with Gasteiger partial charge in [0.1, 0.15) is 5.75 Å². The van der Waals surface area contributed by atoms with E-state index in [4.69, 9.17) is 4.74 Å². The molecule has 25 heavy (non-hydrogen) atoms. The lowest BCUT2D eigenvalue weighted by molar-refractivity contribution is 0.227. The highest BCUT2D eigenvalue weighted by molar-refractivity contribution is 5.88. The maximum atomic E-state index is 10.5. The van der Waals surface area contributed by atoms with Gasteiger partial charge in [-0.15, -0.1) is 0 Å². The third kappa shape index (κ3) is 2.12. The quantitative estimate of drug-likeness (QED) is 0.733. The molecule has 5 nitrogen and oxygen atoms in total. The Bertz CT molecular complexity index is 876. The number of likely N-dealkylation sites (N-methyl/N-ethyl adjacent to an activating group) is 1. The van der Waals surface area contributed by atoms with Crippen molar-refractivity contribution in [3.8, 4) is 28.4 Å². The minimum atomic E-state index is 0.184. The fourth-order valence-corrected chi connectivity index (χ4v) is 4.46. The van der Waals surface area contributed by atoms with E-state index in [1.54, 1.807) is 7.11 Å². The molecule has 1 atom stereocenters. The van der Waals surface area contributed by atoms with Gasteiger partial charge >= 0.3 is 0 Å². The number of aromatic hydroxyl groups is 2. The summed E-state index contributed by atoms with van der Waals surface area (Å²) in [7, 11) is 5.56. The van der Waals surface area contributed by atoms with E-state index in [-0.39, 0.29) is 11.8 Å². The maximum absolute atomic E-state index is 10.5. The van der Waals surface area contributed by atoms with Crippen molar-refractivity contribution in [2.24, 2.45) is 0 Å². The van der Waals surface area contributed by atoms with Gasteiger partial charge < -0.3 is 20.3 Å². The Kier molecular flexibility index (Phi) is 3.58. The van der Waals surface area contributed by atoms with Crippen molar-refractivity contribution in [3.05, 3.63) is 34.4 Å². The van der Waals surface area contributed by atoms with Crippen LogP contribution in [0.3, 0.4) is 0 Å². The SMILES string of the molecule is CNc1c(O)c(C)cc2c1CC1c3c(cc(O)c(OC)c3-2)CCN1C. The van der Waals surface area contributed by atoms with Crippen LogP contribution in [0.1, 0.15) is 28.3 Å². The molecule has 0 bridgehead atoms. The van der Waals surface area contributed by atoms with Crippen molar-refractivity contribution in [1.82, 2.24) is 4.90 Å². The van der Waals surface area contributed by atoms with E-state index in [1.807, 2.05) is 26.1 Å². The average Bonchev–Trinajstić information content (AvgIpc) is 2.59. The Labute approximate surface area is 147 Å². The van der Waals surface area contributed by atoms with Crippen LogP contribution in [0.15, 0.2) is 12.1 Å². The van der Waals surface area contributed by atoms with Gasteiger partial charge in [0.2, 0.25) is 0 Å². The van der Waals surface area contributed by atoms with Crippen LogP contribution in [0.4, 0.5) is 5.69 Å². The van der Waals surface area contributed by atoms with Gasteiger partial charge in [-0.25, -0.2) is 0 Å². The molecule has 1 unspecified atom stereocenters. The highest BCUT2D eigenvalue weighted by atomic mass is 16.5. The Morgan fingerprint density at radius 1 is 1.28 bits per heavy atom. The molecule has 1 heterocycles. The number of rotatable bonds is 2. The van der Waals surface area contributed by atoms with Crippen LogP contribution in [-0.4, -0.2) is 42.9 Å². The number of hydrogen-bond acceptors (Lipinski definition) is 5. The number of benzene rings is 2. The van der Waals surface area contributed by atoms with E-state index in [0.717, 1.165) is 47.3 Å². The minimum Gasteiger partial charge on any atom is -0.505 e. The third-order valence-corrected chi connectivity index (χ3v) is 5.70. The van der Waals surface area contributed by atoms with Crippen LogP contribution in [0.5, 0.6) is 17.2 Å². The van der Waals surface area contributed by atoms with Crippen LogP contribution in [0.25, 0.3) is 11.1 Å². The predicted molar refractivity (Wildman–Crippen MR) is 98.8 cm³/mol. The molecule has 5 heteroatoms. The number of fused-ring (bicyclic) bond motifs is 2. The van der Waals surface area contributed by atoms with Crippen molar-refractivity contribution in [2.75, 3.05) is 33.1 Å². The first-order chi connectivity index (χ1) is 12.0. The first kappa shape index (κ1) is 16.1. The second kappa shape index (κ2) is 5.56. The zero-order valence-electron chi connectivity index (χ0n) is 15.1. The van der Waals surface area contributed by atoms with Crippen molar-refractivity contribution < 1.29 is 14.9 Å². The molecule has 2 aliphatic rings. The average molecular weight is 340 g/mol. The smallest absolute Gasteiger partial charge is 0.168 e. The van der Waals surface area contributed by atoms with Gasteiger partial charge in [-0.05, 0) is 66.8 Å². The normalized spacial score (nSPS) is 18.5. The zero-order chi connectivity index (χ0) is 17.9. The number of aryl methyl sites for hydroxylation is 1. The van der Waals surface area contributed by atoms with Crippen molar-refractivity contribution in [3.63, 3.8) is 0 Å². The molecular weight excluding hydrogens is 316 g/mol. The number of methoxy groups -OCH3 is 1.